The van der Waals surface area contributed by atoms with Crippen molar-refractivity contribution in [1.82, 2.24) is 10.6 Å². The lowest BCUT2D eigenvalue weighted by Gasteiger charge is -2.12. The van der Waals surface area contributed by atoms with E-state index < -0.39 is 0 Å². The topological polar surface area (TPSA) is 58.2 Å². The van der Waals surface area contributed by atoms with Gasteiger partial charge in [-0.1, -0.05) is 13.8 Å². The van der Waals surface area contributed by atoms with Gasteiger partial charge in [0, 0.05) is 36.4 Å². The number of hydrogen-bond acceptors (Lipinski definition) is 3. The van der Waals surface area contributed by atoms with Crippen molar-refractivity contribution in [3.63, 3.8) is 0 Å². The fourth-order valence-electron chi connectivity index (χ4n) is 1.33. The molecule has 0 aliphatic rings. The second-order valence-corrected chi connectivity index (χ2v) is 6.09. The van der Waals surface area contributed by atoms with Gasteiger partial charge in [-0.05, 0) is 26.7 Å². The van der Waals surface area contributed by atoms with Crippen LogP contribution in [0.5, 0.6) is 0 Å². The summed E-state index contributed by atoms with van der Waals surface area (Å²) in [6, 6.07) is 0.498. The van der Waals surface area contributed by atoms with Crippen LogP contribution in [0.3, 0.4) is 0 Å². The summed E-state index contributed by atoms with van der Waals surface area (Å²) in [6.45, 7) is 8.11. The lowest BCUT2D eigenvalue weighted by Crippen LogP contribution is -2.32. The van der Waals surface area contributed by atoms with Gasteiger partial charge < -0.3 is 10.6 Å². The largest absolute Gasteiger partial charge is 0.354 e. The quantitative estimate of drug-likeness (QED) is 0.607. The molecule has 2 amide bonds. The van der Waals surface area contributed by atoms with Gasteiger partial charge in [0.25, 0.3) is 0 Å². The molecule has 5 heteroatoms. The molecule has 2 N–H and O–H groups in total. The van der Waals surface area contributed by atoms with Crippen molar-refractivity contribution in [3.05, 3.63) is 0 Å². The Kier molecular flexibility index (Phi) is 10.7. The Morgan fingerprint density at radius 1 is 0.895 bits per heavy atom. The Hall–Kier alpha value is -0.710. The van der Waals surface area contributed by atoms with Gasteiger partial charge in [0.2, 0.25) is 11.8 Å². The first-order valence-corrected chi connectivity index (χ1v) is 8.31. The van der Waals surface area contributed by atoms with Crippen LogP contribution in [0.15, 0.2) is 0 Å². The standard InChI is InChI=1S/C14H28N2O2S/c1-5-11(3)15-13(17)7-9-19-10-8-14(18)16-12(4)6-2/h11-12H,5-10H2,1-4H3,(H,15,17)(H,16,18). The van der Waals surface area contributed by atoms with Crippen molar-refractivity contribution < 1.29 is 9.59 Å². The van der Waals surface area contributed by atoms with Crippen LogP contribution in [0, 0.1) is 0 Å². The van der Waals surface area contributed by atoms with E-state index in [9.17, 15) is 9.59 Å². The molecule has 0 aromatic carbocycles. The molecule has 2 atom stereocenters. The van der Waals surface area contributed by atoms with Gasteiger partial charge in [-0.3, -0.25) is 9.59 Å². The van der Waals surface area contributed by atoms with Crippen molar-refractivity contribution >= 4 is 23.6 Å². The van der Waals surface area contributed by atoms with Crippen molar-refractivity contribution in [1.29, 1.82) is 0 Å². The maximum atomic E-state index is 11.5. The minimum Gasteiger partial charge on any atom is -0.354 e. The highest BCUT2D eigenvalue weighted by Gasteiger charge is 2.07. The van der Waals surface area contributed by atoms with Gasteiger partial charge in [-0.2, -0.15) is 11.8 Å². The Bertz CT molecular complexity index is 246. The number of thioether (sulfide) groups is 1. The number of amides is 2. The third-order valence-corrected chi connectivity index (χ3v) is 3.97. The van der Waals surface area contributed by atoms with E-state index in [0.29, 0.717) is 12.8 Å². The van der Waals surface area contributed by atoms with E-state index in [1.807, 2.05) is 13.8 Å². The zero-order valence-corrected chi connectivity index (χ0v) is 13.4. The lowest BCUT2D eigenvalue weighted by atomic mass is 10.2. The number of carbonyl (C=O) groups excluding carboxylic acids is 2. The Labute approximate surface area is 121 Å². The van der Waals surface area contributed by atoms with E-state index in [4.69, 9.17) is 0 Å². The average Bonchev–Trinajstić information content (AvgIpc) is 2.37. The molecular formula is C14H28N2O2S. The molecule has 0 rings (SSSR count). The highest BCUT2D eigenvalue weighted by atomic mass is 32.2. The maximum Gasteiger partial charge on any atom is 0.221 e. The third kappa shape index (κ3) is 10.9. The molecule has 0 aromatic heterocycles. The summed E-state index contributed by atoms with van der Waals surface area (Å²) in [5, 5.41) is 5.86. The fraction of sp³-hybridized carbons (Fsp3) is 0.857. The van der Waals surface area contributed by atoms with Crippen LogP contribution in [-0.4, -0.2) is 35.4 Å². The predicted molar refractivity (Wildman–Crippen MR) is 82.4 cm³/mol. The van der Waals surface area contributed by atoms with Gasteiger partial charge in [0.1, 0.15) is 0 Å². The van der Waals surface area contributed by atoms with Gasteiger partial charge >= 0.3 is 0 Å². The van der Waals surface area contributed by atoms with Gasteiger partial charge in [0.15, 0.2) is 0 Å². The maximum absolute atomic E-state index is 11.5. The molecule has 19 heavy (non-hydrogen) atoms. The summed E-state index contributed by atoms with van der Waals surface area (Å²) < 4.78 is 0. The highest BCUT2D eigenvalue weighted by molar-refractivity contribution is 7.99. The summed E-state index contributed by atoms with van der Waals surface area (Å²) in [7, 11) is 0. The van der Waals surface area contributed by atoms with Crippen LogP contribution in [0.2, 0.25) is 0 Å². The van der Waals surface area contributed by atoms with E-state index in [2.05, 4.69) is 24.5 Å². The normalized spacial score (nSPS) is 13.7. The Balaban J connectivity index is 3.49. The molecular weight excluding hydrogens is 260 g/mol. The summed E-state index contributed by atoms with van der Waals surface area (Å²) >= 11 is 1.66. The summed E-state index contributed by atoms with van der Waals surface area (Å²) in [4.78, 5) is 23.0. The first-order chi connectivity index (χ1) is 8.99. The molecule has 0 fully saturated rings. The van der Waals surface area contributed by atoms with Crippen LogP contribution in [0.25, 0.3) is 0 Å². The Morgan fingerprint density at radius 3 is 1.58 bits per heavy atom. The van der Waals surface area contributed by atoms with E-state index in [1.165, 1.54) is 0 Å². The summed E-state index contributed by atoms with van der Waals surface area (Å²) in [5.41, 5.74) is 0. The zero-order valence-electron chi connectivity index (χ0n) is 12.6. The minimum absolute atomic E-state index is 0.103. The van der Waals surface area contributed by atoms with Gasteiger partial charge in [0.05, 0.1) is 0 Å². The first kappa shape index (κ1) is 18.3. The van der Waals surface area contributed by atoms with E-state index in [-0.39, 0.29) is 23.9 Å². The zero-order chi connectivity index (χ0) is 14.7. The fourth-order valence-corrected chi connectivity index (χ4v) is 2.19. The van der Waals surface area contributed by atoms with Crippen LogP contribution in [0.1, 0.15) is 53.4 Å². The van der Waals surface area contributed by atoms with Crippen LogP contribution < -0.4 is 10.6 Å². The molecule has 0 heterocycles. The lowest BCUT2D eigenvalue weighted by molar-refractivity contribution is -0.122. The predicted octanol–water partition coefficient (Wildman–Crippen LogP) is 2.33. The molecule has 0 aliphatic carbocycles. The SMILES string of the molecule is CCC(C)NC(=O)CCSCCC(=O)NC(C)CC. The van der Waals surface area contributed by atoms with Crippen molar-refractivity contribution in [2.45, 2.75) is 65.5 Å². The molecule has 4 nitrogen and oxygen atoms in total. The smallest absolute Gasteiger partial charge is 0.221 e. The van der Waals surface area contributed by atoms with Crippen molar-refractivity contribution in [2.24, 2.45) is 0 Å². The number of hydrogen-bond donors (Lipinski definition) is 2. The van der Waals surface area contributed by atoms with E-state index in [0.717, 1.165) is 24.3 Å². The summed E-state index contributed by atoms with van der Waals surface area (Å²) in [6.07, 6.45) is 2.97. The second kappa shape index (κ2) is 11.1. The summed E-state index contributed by atoms with van der Waals surface area (Å²) in [5.74, 6) is 1.76. The average molecular weight is 288 g/mol. The van der Waals surface area contributed by atoms with Crippen molar-refractivity contribution in [2.75, 3.05) is 11.5 Å². The Morgan fingerprint density at radius 2 is 1.26 bits per heavy atom. The number of carbonyl (C=O) groups is 2. The second-order valence-electron chi connectivity index (χ2n) is 4.87. The first-order valence-electron chi connectivity index (χ1n) is 7.16. The molecule has 0 aromatic rings. The molecule has 0 saturated heterocycles. The molecule has 0 bridgehead atoms. The van der Waals surface area contributed by atoms with E-state index in [1.54, 1.807) is 11.8 Å². The number of rotatable bonds is 10. The third-order valence-electron chi connectivity index (χ3n) is 2.99. The molecule has 0 radical (unpaired) electrons. The minimum atomic E-state index is 0.103. The van der Waals surface area contributed by atoms with Crippen molar-refractivity contribution in [3.8, 4) is 0 Å². The van der Waals surface area contributed by atoms with Gasteiger partial charge in [-0.25, -0.2) is 0 Å². The molecule has 2 unspecified atom stereocenters. The molecule has 112 valence electrons. The molecule has 0 aliphatic heterocycles. The monoisotopic (exact) mass is 288 g/mol. The van der Waals surface area contributed by atoms with Crippen LogP contribution in [-0.2, 0) is 9.59 Å². The van der Waals surface area contributed by atoms with E-state index >= 15 is 0 Å². The molecule has 0 spiro atoms. The molecule has 0 saturated carbocycles. The van der Waals surface area contributed by atoms with Crippen LogP contribution >= 0.6 is 11.8 Å². The van der Waals surface area contributed by atoms with Crippen LogP contribution in [0.4, 0.5) is 0 Å². The highest BCUT2D eigenvalue weighted by Crippen LogP contribution is 2.05. The number of nitrogens with one attached hydrogen (secondary N) is 2. The van der Waals surface area contributed by atoms with Gasteiger partial charge in [-0.15, -0.1) is 0 Å².